The summed E-state index contributed by atoms with van der Waals surface area (Å²) in [4.78, 5) is 11.7. The number of hydrogen-bond acceptors (Lipinski definition) is 2. The molecule has 0 aromatic heterocycles. The third-order valence-corrected chi connectivity index (χ3v) is 3.04. The van der Waals surface area contributed by atoms with E-state index in [0.717, 1.165) is 12.0 Å². The maximum absolute atomic E-state index is 11.7. The van der Waals surface area contributed by atoms with Gasteiger partial charge >= 0.3 is 5.97 Å². The predicted octanol–water partition coefficient (Wildman–Crippen LogP) is 4.18. The Balaban J connectivity index is 1.96. The Kier molecular flexibility index (Phi) is 4.72. The first-order valence-electron chi connectivity index (χ1n) is 6.73. The SMILES string of the molecule is CCc1ccc(OC(=O)/C=C/c2ccc(C)cc2)cc1. The Labute approximate surface area is 119 Å². The average Bonchev–Trinajstić information content (AvgIpc) is 2.47. The molecule has 2 heteroatoms. The molecule has 0 heterocycles. The minimum atomic E-state index is -0.366. The number of aryl methyl sites for hydroxylation is 2. The van der Waals surface area contributed by atoms with E-state index in [-0.39, 0.29) is 5.97 Å². The Morgan fingerprint density at radius 3 is 2.30 bits per heavy atom. The number of carbonyl (C=O) groups excluding carboxylic acids is 1. The van der Waals surface area contributed by atoms with Crippen LogP contribution < -0.4 is 4.74 Å². The molecule has 2 nitrogen and oxygen atoms in total. The molecule has 0 N–H and O–H groups in total. The van der Waals surface area contributed by atoms with Crippen molar-refractivity contribution in [1.29, 1.82) is 0 Å². The summed E-state index contributed by atoms with van der Waals surface area (Å²) in [6.07, 6.45) is 4.17. The van der Waals surface area contributed by atoms with Crippen molar-refractivity contribution in [3.05, 3.63) is 71.3 Å². The topological polar surface area (TPSA) is 26.3 Å². The third-order valence-electron chi connectivity index (χ3n) is 3.04. The van der Waals surface area contributed by atoms with E-state index in [1.807, 2.05) is 55.5 Å². The van der Waals surface area contributed by atoms with E-state index < -0.39 is 0 Å². The molecule has 0 saturated carbocycles. The van der Waals surface area contributed by atoms with Crippen molar-refractivity contribution in [3.8, 4) is 5.75 Å². The van der Waals surface area contributed by atoms with Gasteiger partial charge in [0.25, 0.3) is 0 Å². The Morgan fingerprint density at radius 1 is 1.05 bits per heavy atom. The molecule has 20 heavy (non-hydrogen) atoms. The highest BCUT2D eigenvalue weighted by atomic mass is 16.5. The molecule has 0 aliphatic rings. The van der Waals surface area contributed by atoms with Gasteiger partial charge in [-0.1, -0.05) is 48.9 Å². The lowest BCUT2D eigenvalue weighted by molar-refractivity contribution is -0.128. The highest BCUT2D eigenvalue weighted by Gasteiger charge is 2.00. The summed E-state index contributed by atoms with van der Waals surface area (Å²) >= 11 is 0. The van der Waals surface area contributed by atoms with Gasteiger partial charge in [0.15, 0.2) is 0 Å². The fourth-order valence-electron chi connectivity index (χ4n) is 1.79. The molecule has 0 fully saturated rings. The van der Waals surface area contributed by atoms with E-state index in [9.17, 15) is 4.79 Å². The van der Waals surface area contributed by atoms with Crippen LogP contribution in [0.3, 0.4) is 0 Å². The lowest BCUT2D eigenvalue weighted by Crippen LogP contribution is -2.03. The zero-order valence-corrected chi connectivity index (χ0v) is 11.8. The summed E-state index contributed by atoms with van der Waals surface area (Å²) in [7, 11) is 0. The van der Waals surface area contributed by atoms with E-state index in [0.29, 0.717) is 5.75 Å². The highest BCUT2D eigenvalue weighted by molar-refractivity contribution is 5.88. The minimum Gasteiger partial charge on any atom is -0.423 e. The van der Waals surface area contributed by atoms with Crippen LogP contribution in [-0.2, 0) is 11.2 Å². The van der Waals surface area contributed by atoms with Gasteiger partial charge in [0.1, 0.15) is 5.75 Å². The molecule has 2 aromatic carbocycles. The van der Waals surface area contributed by atoms with E-state index in [2.05, 4.69) is 6.92 Å². The zero-order valence-electron chi connectivity index (χ0n) is 11.8. The lowest BCUT2D eigenvalue weighted by atomic mass is 10.1. The van der Waals surface area contributed by atoms with Crippen molar-refractivity contribution in [2.24, 2.45) is 0 Å². The van der Waals surface area contributed by atoms with Crippen LogP contribution in [0.1, 0.15) is 23.6 Å². The summed E-state index contributed by atoms with van der Waals surface area (Å²) in [5.41, 5.74) is 3.40. The van der Waals surface area contributed by atoms with E-state index >= 15 is 0 Å². The molecular formula is C18H18O2. The second kappa shape index (κ2) is 6.71. The fraction of sp³-hybridized carbons (Fsp3) is 0.167. The first-order chi connectivity index (χ1) is 9.67. The summed E-state index contributed by atoms with van der Waals surface area (Å²) < 4.78 is 5.23. The number of rotatable bonds is 4. The normalized spacial score (nSPS) is 10.7. The van der Waals surface area contributed by atoms with Crippen LogP contribution in [0, 0.1) is 6.92 Å². The number of ether oxygens (including phenoxy) is 1. The van der Waals surface area contributed by atoms with Crippen molar-refractivity contribution >= 4 is 12.0 Å². The van der Waals surface area contributed by atoms with Crippen LogP contribution in [0.25, 0.3) is 6.08 Å². The summed E-state index contributed by atoms with van der Waals surface area (Å²) in [6.45, 7) is 4.12. The molecular weight excluding hydrogens is 248 g/mol. The van der Waals surface area contributed by atoms with Gasteiger partial charge in [0, 0.05) is 6.08 Å². The molecule has 0 aliphatic carbocycles. The molecule has 0 aliphatic heterocycles. The standard InChI is InChI=1S/C18H18O2/c1-3-15-8-11-17(12-9-15)20-18(19)13-10-16-6-4-14(2)5-7-16/h4-13H,3H2,1-2H3/b13-10+. The maximum atomic E-state index is 11.7. The molecule has 102 valence electrons. The van der Waals surface area contributed by atoms with Gasteiger partial charge < -0.3 is 4.74 Å². The van der Waals surface area contributed by atoms with Crippen LogP contribution in [0.2, 0.25) is 0 Å². The highest BCUT2D eigenvalue weighted by Crippen LogP contribution is 2.13. The van der Waals surface area contributed by atoms with Gasteiger partial charge in [0.05, 0.1) is 0 Å². The van der Waals surface area contributed by atoms with Crippen LogP contribution in [0.4, 0.5) is 0 Å². The molecule has 2 rings (SSSR count). The van der Waals surface area contributed by atoms with Crippen molar-refractivity contribution in [2.75, 3.05) is 0 Å². The van der Waals surface area contributed by atoms with Gasteiger partial charge in [-0.25, -0.2) is 4.79 Å². The van der Waals surface area contributed by atoms with Crippen molar-refractivity contribution in [3.63, 3.8) is 0 Å². The van der Waals surface area contributed by atoms with Crippen molar-refractivity contribution in [2.45, 2.75) is 20.3 Å². The molecule has 0 spiro atoms. The van der Waals surface area contributed by atoms with Gasteiger partial charge in [-0.3, -0.25) is 0 Å². The van der Waals surface area contributed by atoms with Crippen LogP contribution in [0.5, 0.6) is 5.75 Å². The van der Waals surface area contributed by atoms with Gasteiger partial charge in [-0.15, -0.1) is 0 Å². The summed E-state index contributed by atoms with van der Waals surface area (Å²) in [5, 5.41) is 0. The third kappa shape index (κ3) is 4.09. The van der Waals surface area contributed by atoms with E-state index in [1.54, 1.807) is 6.08 Å². The van der Waals surface area contributed by atoms with Gasteiger partial charge in [-0.05, 0) is 42.7 Å². The Hall–Kier alpha value is -2.35. The Bertz CT molecular complexity index is 592. The number of hydrogen-bond donors (Lipinski definition) is 0. The van der Waals surface area contributed by atoms with Crippen molar-refractivity contribution in [1.82, 2.24) is 0 Å². The summed E-state index contributed by atoms with van der Waals surface area (Å²) in [6, 6.07) is 15.5. The van der Waals surface area contributed by atoms with Crippen LogP contribution >= 0.6 is 0 Å². The summed E-state index contributed by atoms with van der Waals surface area (Å²) in [5.74, 6) is 0.204. The second-order valence-corrected chi connectivity index (χ2v) is 4.66. The first kappa shape index (κ1) is 14.1. The largest absolute Gasteiger partial charge is 0.423 e. The zero-order chi connectivity index (χ0) is 14.4. The maximum Gasteiger partial charge on any atom is 0.336 e. The fourth-order valence-corrected chi connectivity index (χ4v) is 1.79. The quantitative estimate of drug-likeness (QED) is 0.471. The smallest absolute Gasteiger partial charge is 0.336 e. The van der Waals surface area contributed by atoms with E-state index in [1.165, 1.54) is 17.2 Å². The van der Waals surface area contributed by atoms with Crippen LogP contribution in [-0.4, -0.2) is 5.97 Å². The molecule has 0 bridgehead atoms. The Morgan fingerprint density at radius 2 is 1.70 bits per heavy atom. The lowest BCUT2D eigenvalue weighted by Gasteiger charge is -2.02. The van der Waals surface area contributed by atoms with Crippen molar-refractivity contribution < 1.29 is 9.53 Å². The number of carbonyl (C=O) groups is 1. The van der Waals surface area contributed by atoms with Crippen LogP contribution in [0.15, 0.2) is 54.6 Å². The number of benzene rings is 2. The second-order valence-electron chi connectivity index (χ2n) is 4.66. The average molecular weight is 266 g/mol. The van der Waals surface area contributed by atoms with Gasteiger partial charge in [-0.2, -0.15) is 0 Å². The minimum absolute atomic E-state index is 0.366. The van der Waals surface area contributed by atoms with E-state index in [4.69, 9.17) is 4.74 Å². The molecule has 0 atom stereocenters. The number of esters is 1. The molecule has 2 aromatic rings. The molecule has 0 amide bonds. The van der Waals surface area contributed by atoms with Gasteiger partial charge in [0.2, 0.25) is 0 Å². The first-order valence-corrected chi connectivity index (χ1v) is 6.73. The molecule has 0 saturated heterocycles. The predicted molar refractivity (Wildman–Crippen MR) is 81.7 cm³/mol. The molecule has 0 radical (unpaired) electrons. The monoisotopic (exact) mass is 266 g/mol. The molecule has 0 unspecified atom stereocenters.